The number of carbonyl (C=O) groups is 1. The van der Waals surface area contributed by atoms with E-state index >= 15 is 0 Å². The van der Waals surface area contributed by atoms with Crippen LogP contribution in [0, 0.1) is 0 Å². The highest BCUT2D eigenvalue weighted by atomic mass is 79.9. The number of hydrogen-bond donors (Lipinski definition) is 1. The van der Waals surface area contributed by atoms with Crippen molar-refractivity contribution in [2.24, 2.45) is 0 Å². The topological polar surface area (TPSA) is 79.0 Å². The number of carbonyl (C=O) groups excluding carboxylic acids is 1. The monoisotopic (exact) mass is 487 g/mol. The van der Waals surface area contributed by atoms with E-state index in [-0.39, 0.29) is 17.3 Å². The van der Waals surface area contributed by atoms with Crippen LogP contribution in [0.25, 0.3) is 0 Å². The average molecular weight is 488 g/mol. The molecule has 3 rings (SSSR count). The highest BCUT2D eigenvalue weighted by Crippen LogP contribution is 2.23. The van der Waals surface area contributed by atoms with Crippen LogP contribution in [0.4, 0.5) is 5.69 Å². The van der Waals surface area contributed by atoms with Crippen molar-refractivity contribution in [1.82, 2.24) is 9.21 Å². The van der Waals surface area contributed by atoms with Gasteiger partial charge < -0.3 is 10.1 Å². The summed E-state index contributed by atoms with van der Waals surface area (Å²) < 4.78 is 32.9. The number of likely N-dealkylation sites (N-methyl/N-ethyl adjacent to an activating group) is 1. The van der Waals surface area contributed by atoms with E-state index in [1.807, 2.05) is 24.1 Å². The van der Waals surface area contributed by atoms with Crippen molar-refractivity contribution in [3.8, 4) is 0 Å². The standard InChI is InChI=1S/C18H22BrN3O4S2/c1-21(12-15-4-7-17(19)27-15)13-18(23)20-14-2-5-16(6-3-14)28(24,25)22-8-10-26-11-9-22/h2-7H,8-13H2,1H3,(H,20,23). The van der Waals surface area contributed by atoms with E-state index in [0.717, 1.165) is 3.79 Å². The van der Waals surface area contributed by atoms with Gasteiger partial charge in [0.25, 0.3) is 0 Å². The summed E-state index contributed by atoms with van der Waals surface area (Å²) in [5.41, 5.74) is 0.568. The van der Waals surface area contributed by atoms with Crippen molar-refractivity contribution in [3.05, 3.63) is 45.1 Å². The van der Waals surface area contributed by atoms with Crippen LogP contribution < -0.4 is 5.32 Å². The third-order valence-corrected chi connectivity index (χ3v) is 7.74. The van der Waals surface area contributed by atoms with Crippen molar-refractivity contribution in [1.29, 1.82) is 0 Å². The summed E-state index contributed by atoms with van der Waals surface area (Å²) in [5.74, 6) is -0.151. The van der Waals surface area contributed by atoms with Gasteiger partial charge in [-0.05, 0) is 59.4 Å². The number of halogens is 1. The molecular formula is C18H22BrN3O4S2. The molecule has 0 spiro atoms. The number of morpholine rings is 1. The molecule has 1 fully saturated rings. The highest BCUT2D eigenvalue weighted by Gasteiger charge is 2.26. The van der Waals surface area contributed by atoms with Gasteiger partial charge in [0.2, 0.25) is 15.9 Å². The Kier molecular flexibility index (Phi) is 7.24. The molecule has 1 aliphatic rings. The predicted octanol–water partition coefficient (Wildman–Crippen LogP) is 2.60. The maximum absolute atomic E-state index is 12.6. The Balaban J connectivity index is 1.55. The first kappa shape index (κ1) is 21.4. The van der Waals surface area contributed by atoms with E-state index in [9.17, 15) is 13.2 Å². The first-order chi connectivity index (χ1) is 13.3. The molecule has 0 aliphatic carbocycles. The summed E-state index contributed by atoms with van der Waals surface area (Å²) in [6.45, 7) is 2.44. The number of rotatable bonds is 7. The summed E-state index contributed by atoms with van der Waals surface area (Å²) in [7, 11) is -1.65. The van der Waals surface area contributed by atoms with Gasteiger partial charge in [0.1, 0.15) is 0 Å². The lowest BCUT2D eigenvalue weighted by molar-refractivity contribution is -0.117. The first-order valence-corrected chi connectivity index (χ1v) is 11.8. The second kappa shape index (κ2) is 9.47. The Hall–Kier alpha value is -1.30. The number of amides is 1. The van der Waals surface area contributed by atoms with Crippen LogP contribution in [-0.2, 0) is 26.1 Å². The van der Waals surface area contributed by atoms with Crippen LogP contribution in [0.15, 0.2) is 45.1 Å². The zero-order valence-corrected chi connectivity index (χ0v) is 18.6. The zero-order chi connectivity index (χ0) is 20.1. The molecule has 0 bridgehead atoms. The summed E-state index contributed by atoms with van der Waals surface area (Å²) in [4.78, 5) is 15.6. The third-order valence-electron chi connectivity index (χ3n) is 4.21. The SMILES string of the molecule is CN(CC(=O)Nc1ccc(S(=O)(=O)N2CCOCC2)cc1)Cc1ccc(Br)s1. The van der Waals surface area contributed by atoms with E-state index in [0.29, 0.717) is 38.5 Å². The van der Waals surface area contributed by atoms with Gasteiger partial charge in [-0.25, -0.2) is 8.42 Å². The molecule has 7 nitrogen and oxygen atoms in total. The van der Waals surface area contributed by atoms with Crippen LogP contribution in [0.3, 0.4) is 0 Å². The summed E-state index contributed by atoms with van der Waals surface area (Å²) in [6, 6.07) is 10.3. The van der Waals surface area contributed by atoms with E-state index < -0.39 is 10.0 Å². The van der Waals surface area contributed by atoms with Gasteiger partial charge in [-0.3, -0.25) is 9.69 Å². The number of anilines is 1. The highest BCUT2D eigenvalue weighted by molar-refractivity contribution is 9.11. The number of nitrogens with one attached hydrogen (secondary N) is 1. The summed E-state index contributed by atoms with van der Waals surface area (Å²) in [5, 5.41) is 2.81. The van der Waals surface area contributed by atoms with Gasteiger partial charge in [0, 0.05) is 30.2 Å². The molecule has 0 radical (unpaired) electrons. The van der Waals surface area contributed by atoms with Crippen molar-refractivity contribution < 1.29 is 17.9 Å². The van der Waals surface area contributed by atoms with Crippen LogP contribution in [-0.4, -0.2) is 63.4 Å². The molecule has 2 heterocycles. The van der Waals surface area contributed by atoms with Crippen LogP contribution in [0.1, 0.15) is 4.88 Å². The second-order valence-electron chi connectivity index (χ2n) is 6.47. The van der Waals surface area contributed by atoms with Crippen LogP contribution >= 0.6 is 27.3 Å². The lowest BCUT2D eigenvalue weighted by atomic mass is 10.3. The Morgan fingerprint density at radius 2 is 1.89 bits per heavy atom. The number of thiophene rings is 1. The number of sulfonamides is 1. The zero-order valence-electron chi connectivity index (χ0n) is 15.4. The Morgan fingerprint density at radius 1 is 1.21 bits per heavy atom. The number of ether oxygens (including phenoxy) is 1. The van der Waals surface area contributed by atoms with Crippen molar-refractivity contribution in [3.63, 3.8) is 0 Å². The fourth-order valence-electron chi connectivity index (χ4n) is 2.85. The lowest BCUT2D eigenvalue weighted by Gasteiger charge is -2.26. The Morgan fingerprint density at radius 3 is 2.50 bits per heavy atom. The molecule has 1 amide bonds. The van der Waals surface area contributed by atoms with Crippen LogP contribution in [0.2, 0.25) is 0 Å². The minimum Gasteiger partial charge on any atom is -0.379 e. The normalized spacial score (nSPS) is 15.7. The molecule has 10 heteroatoms. The van der Waals surface area contributed by atoms with Gasteiger partial charge >= 0.3 is 0 Å². The average Bonchev–Trinajstić information content (AvgIpc) is 3.07. The maximum Gasteiger partial charge on any atom is 0.243 e. The smallest absolute Gasteiger partial charge is 0.243 e. The second-order valence-corrected chi connectivity index (χ2v) is 11.0. The predicted molar refractivity (Wildman–Crippen MR) is 113 cm³/mol. The minimum atomic E-state index is -3.53. The molecule has 2 aromatic rings. The molecule has 1 N–H and O–H groups in total. The molecule has 1 aromatic carbocycles. The number of nitrogens with zero attached hydrogens (tertiary/aromatic N) is 2. The molecule has 28 heavy (non-hydrogen) atoms. The molecule has 1 saturated heterocycles. The summed E-state index contributed by atoms with van der Waals surface area (Å²) in [6.07, 6.45) is 0. The van der Waals surface area contributed by atoms with Crippen molar-refractivity contribution in [2.75, 3.05) is 45.2 Å². The van der Waals surface area contributed by atoms with E-state index in [2.05, 4.69) is 21.2 Å². The van der Waals surface area contributed by atoms with Crippen molar-refractivity contribution in [2.45, 2.75) is 11.4 Å². The van der Waals surface area contributed by atoms with E-state index in [1.165, 1.54) is 21.3 Å². The molecule has 1 aromatic heterocycles. The van der Waals surface area contributed by atoms with E-state index in [1.54, 1.807) is 23.5 Å². The maximum atomic E-state index is 12.6. The fourth-order valence-corrected chi connectivity index (χ4v) is 5.82. The third kappa shape index (κ3) is 5.62. The van der Waals surface area contributed by atoms with Gasteiger partial charge in [0.05, 0.1) is 28.4 Å². The largest absolute Gasteiger partial charge is 0.379 e. The minimum absolute atomic E-state index is 0.151. The Labute approximate surface area is 177 Å². The number of hydrogen-bond acceptors (Lipinski definition) is 6. The molecule has 0 unspecified atom stereocenters. The van der Waals surface area contributed by atoms with E-state index in [4.69, 9.17) is 4.74 Å². The first-order valence-electron chi connectivity index (χ1n) is 8.75. The van der Waals surface area contributed by atoms with Gasteiger partial charge in [-0.2, -0.15) is 4.31 Å². The quantitative estimate of drug-likeness (QED) is 0.649. The Bertz CT molecular complexity index is 909. The van der Waals surface area contributed by atoms with Crippen LogP contribution in [0.5, 0.6) is 0 Å². The number of benzene rings is 1. The molecule has 0 atom stereocenters. The molecule has 152 valence electrons. The lowest BCUT2D eigenvalue weighted by Crippen LogP contribution is -2.40. The van der Waals surface area contributed by atoms with Gasteiger partial charge in [-0.1, -0.05) is 0 Å². The van der Waals surface area contributed by atoms with Gasteiger partial charge in [0.15, 0.2) is 0 Å². The van der Waals surface area contributed by atoms with Gasteiger partial charge in [-0.15, -0.1) is 11.3 Å². The molecule has 0 saturated carbocycles. The molecular weight excluding hydrogens is 466 g/mol. The summed E-state index contributed by atoms with van der Waals surface area (Å²) >= 11 is 5.07. The molecule has 1 aliphatic heterocycles. The van der Waals surface area contributed by atoms with Crippen molar-refractivity contribution >= 4 is 48.9 Å². The fraction of sp³-hybridized carbons (Fsp3) is 0.389.